The van der Waals surface area contributed by atoms with Crippen molar-refractivity contribution in [1.82, 2.24) is 10.9 Å². The normalized spacial score (nSPS) is 11.2. The standard InChI is InChI=1S/C7H18N2.2C7H8O3S/c1-4-5-6-8-9-7(2)3;2*1-6-2-4-7(5-3-6)11(8,9)10/h7-9H,4-6H2,1-3H3;2*2-5H,1H3,(H,8,9,10). The molecule has 0 unspecified atom stereocenters. The van der Waals surface area contributed by atoms with Gasteiger partial charge in [0.2, 0.25) is 0 Å². The Labute approximate surface area is 186 Å². The summed E-state index contributed by atoms with van der Waals surface area (Å²) in [6, 6.07) is 12.5. The third-order valence-corrected chi connectivity index (χ3v) is 5.42. The monoisotopic (exact) mass is 474 g/mol. The van der Waals surface area contributed by atoms with Crippen LogP contribution in [-0.4, -0.2) is 38.5 Å². The lowest BCUT2D eigenvalue weighted by Gasteiger charge is -2.08. The van der Waals surface area contributed by atoms with E-state index >= 15 is 0 Å². The van der Waals surface area contributed by atoms with Crippen molar-refractivity contribution in [2.45, 2.75) is 63.3 Å². The number of hydrogen-bond acceptors (Lipinski definition) is 6. The van der Waals surface area contributed by atoms with E-state index in [1.165, 1.54) is 37.1 Å². The molecule has 0 radical (unpaired) electrons. The van der Waals surface area contributed by atoms with Crippen LogP contribution in [0.4, 0.5) is 0 Å². The van der Waals surface area contributed by atoms with Crippen LogP contribution >= 0.6 is 0 Å². The lowest BCUT2D eigenvalue weighted by atomic mass is 10.2. The van der Waals surface area contributed by atoms with Gasteiger partial charge in [0.1, 0.15) is 0 Å². The SMILES string of the molecule is CCCCNNC(C)C.Cc1ccc(S(=O)(=O)O)cc1.Cc1ccc(S(=O)(=O)O)cc1. The van der Waals surface area contributed by atoms with Crippen LogP contribution in [0.5, 0.6) is 0 Å². The van der Waals surface area contributed by atoms with E-state index in [4.69, 9.17) is 9.11 Å². The molecule has 8 nitrogen and oxygen atoms in total. The summed E-state index contributed by atoms with van der Waals surface area (Å²) in [6.45, 7) is 11.2. The number of benzene rings is 2. The molecule has 31 heavy (non-hydrogen) atoms. The van der Waals surface area contributed by atoms with Gasteiger partial charge in [-0.15, -0.1) is 0 Å². The van der Waals surface area contributed by atoms with Crippen LogP contribution in [0.2, 0.25) is 0 Å². The summed E-state index contributed by atoms with van der Waals surface area (Å²) in [5.74, 6) is 0. The molecule has 176 valence electrons. The second-order valence-electron chi connectivity index (χ2n) is 7.16. The molecular formula is C21H34N2O6S2. The van der Waals surface area contributed by atoms with E-state index in [0.29, 0.717) is 6.04 Å². The second-order valence-corrected chi connectivity index (χ2v) is 10.00. The number of unbranched alkanes of at least 4 members (excludes halogenated alkanes) is 1. The molecule has 0 spiro atoms. The van der Waals surface area contributed by atoms with Gasteiger partial charge in [-0.1, -0.05) is 48.7 Å². The van der Waals surface area contributed by atoms with Crippen molar-refractivity contribution >= 4 is 20.2 Å². The maximum atomic E-state index is 10.5. The third-order valence-electron chi connectivity index (χ3n) is 3.68. The minimum Gasteiger partial charge on any atom is -0.282 e. The summed E-state index contributed by atoms with van der Waals surface area (Å²) in [4.78, 5) is -0.133. The Hall–Kier alpha value is -1.82. The molecule has 0 saturated heterocycles. The van der Waals surface area contributed by atoms with Gasteiger partial charge in [-0.2, -0.15) is 16.8 Å². The number of hydrazine groups is 1. The van der Waals surface area contributed by atoms with Crippen LogP contribution in [-0.2, 0) is 20.2 Å². The predicted molar refractivity (Wildman–Crippen MR) is 123 cm³/mol. The zero-order valence-electron chi connectivity index (χ0n) is 18.7. The van der Waals surface area contributed by atoms with Crippen LogP contribution in [0.15, 0.2) is 58.3 Å². The molecule has 4 N–H and O–H groups in total. The summed E-state index contributed by atoms with van der Waals surface area (Å²) < 4.78 is 59.1. The van der Waals surface area contributed by atoms with Gasteiger partial charge < -0.3 is 0 Å². The minimum absolute atomic E-state index is 0.0666. The first kappa shape index (κ1) is 29.2. The lowest BCUT2D eigenvalue weighted by Crippen LogP contribution is -2.37. The van der Waals surface area contributed by atoms with Gasteiger partial charge >= 0.3 is 0 Å². The van der Waals surface area contributed by atoms with Crippen molar-refractivity contribution in [2.75, 3.05) is 6.54 Å². The van der Waals surface area contributed by atoms with Crippen LogP contribution in [0.1, 0.15) is 44.7 Å². The molecule has 2 aromatic carbocycles. The highest BCUT2D eigenvalue weighted by atomic mass is 32.2. The van der Waals surface area contributed by atoms with Gasteiger partial charge in [0.15, 0.2) is 0 Å². The molecule has 0 bridgehead atoms. The number of aryl methyl sites for hydroxylation is 2. The van der Waals surface area contributed by atoms with Crippen molar-refractivity contribution < 1.29 is 25.9 Å². The highest BCUT2D eigenvalue weighted by Crippen LogP contribution is 2.09. The Morgan fingerprint density at radius 2 is 1.13 bits per heavy atom. The molecule has 0 aliphatic carbocycles. The Kier molecular flexibility index (Phi) is 13.4. The second kappa shape index (κ2) is 14.3. The van der Waals surface area contributed by atoms with Crippen molar-refractivity contribution in [2.24, 2.45) is 0 Å². The molecule has 0 aromatic heterocycles. The highest BCUT2D eigenvalue weighted by molar-refractivity contribution is 7.86. The molecule has 0 amide bonds. The highest BCUT2D eigenvalue weighted by Gasteiger charge is 2.07. The van der Waals surface area contributed by atoms with Gasteiger partial charge in [0, 0.05) is 12.6 Å². The first-order chi connectivity index (χ1) is 14.3. The minimum atomic E-state index is -4.02. The summed E-state index contributed by atoms with van der Waals surface area (Å²) in [5, 5.41) is 0. The molecule has 10 heteroatoms. The first-order valence-electron chi connectivity index (χ1n) is 9.84. The molecular weight excluding hydrogens is 440 g/mol. The van der Waals surface area contributed by atoms with Gasteiger partial charge in [-0.25, -0.2) is 0 Å². The summed E-state index contributed by atoms with van der Waals surface area (Å²) in [6.07, 6.45) is 2.51. The first-order valence-corrected chi connectivity index (χ1v) is 12.7. The fourth-order valence-corrected chi connectivity index (χ4v) is 2.92. The number of hydrogen-bond donors (Lipinski definition) is 4. The van der Waals surface area contributed by atoms with E-state index in [2.05, 4.69) is 31.6 Å². The van der Waals surface area contributed by atoms with Crippen LogP contribution in [0.3, 0.4) is 0 Å². The average Bonchev–Trinajstić information content (AvgIpc) is 2.65. The molecule has 2 aromatic rings. The zero-order valence-corrected chi connectivity index (χ0v) is 20.3. The Balaban J connectivity index is 0.000000439. The molecule has 0 aliphatic heterocycles. The summed E-state index contributed by atoms with van der Waals surface area (Å²) in [7, 11) is -8.04. The Morgan fingerprint density at radius 1 is 0.774 bits per heavy atom. The quantitative estimate of drug-likeness (QED) is 0.271. The molecule has 0 heterocycles. The van der Waals surface area contributed by atoms with E-state index in [1.54, 1.807) is 24.3 Å². The smallest absolute Gasteiger partial charge is 0.282 e. The number of nitrogens with one attached hydrogen (secondary N) is 2. The maximum Gasteiger partial charge on any atom is 0.294 e. The number of rotatable bonds is 7. The summed E-state index contributed by atoms with van der Waals surface area (Å²) in [5.41, 5.74) is 8.18. The van der Waals surface area contributed by atoms with Crippen molar-refractivity contribution in [3.05, 3.63) is 59.7 Å². The van der Waals surface area contributed by atoms with Gasteiger partial charge in [0.05, 0.1) is 9.79 Å². The molecule has 0 fully saturated rings. The zero-order chi connectivity index (χ0) is 24.1. The van der Waals surface area contributed by atoms with Crippen molar-refractivity contribution in [1.29, 1.82) is 0 Å². The van der Waals surface area contributed by atoms with Gasteiger partial charge in [-0.05, 0) is 58.4 Å². The molecule has 0 aliphatic rings. The van der Waals surface area contributed by atoms with Crippen LogP contribution in [0, 0.1) is 13.8 Å². The predicted octanol–water partition coefficient (Wildman–Crippen LogP) is 3.77. The fraction of sp³-hybridized carbons (Fsp3) is 0.429. The van der Waals surface area contributed by atoms with Crippen LogP contribution < -0.4 is 10.9 Å². The van der Waals surface area contributed by atoms with E-state index in [1.807, 2.05) is 13.8 Å². The van der Waals surface area contributed by atoms with E-state index in [9.17, 15) is 16.8 Å². The fourth-order valence-electron chi connectivity index (χ4n) is 1.96. The Bertz CT molecular complexity index is 882. The van der Waals surface area contributed by atoms with E-state index in [0.717, 1.165) is 17.7 Å². The van der Waals surface area contributed by atoms with E-state index in [-0.39, 0.29) is 9.79 Å². The molecule has 2 rings (SSSR count). The van der Waals surface area contributed by atoms with E-state index < -0.39 is 20.2 Å². The Morgan fingerprint density at radius 3 is 1.39 bits per heavy atom. The lowest BCUT2D eigenvalue weighted by molar-refractivity contribution is 0.465. The van der Waals surface area contributed by atoms with Crippen molar-refractivity contribution in [3.8, 4) is 0 Å². The summed E-state index contributed by atoms with van der Waals surface area (Å²) >= 11 is 0. The largest absolute Gasteiger partial charge is 0.294 e. The topological polar surface area (TPSA) is 133 Å². The van der Waals surface area contributed by atoms with Crippen molar-refractivity contribution in [3.63, 3.8) is 0 Å². The van der Waals surface area contributed by atoms with Gasteiger partial charge in [-0.3, -0.25) is 20.0 Å². The average molecular weight is 475 g/mol. The molecule has 0 atom stereocenters. The van der Waals surface area contributed by atoms with Crippen LogP contribution in [0.25, 0.3) is 0 Å². The third kappa shape index (κ3) is 14.8. The molecule has 0 saturated carbocycles. The maximum absolute atomic E-state index is 10.5. The van der Waals surface area contributed by atoms with Gasteiger partial charge in [0.25, 0.3) is 20.2 Å².